The zero-order valence-corrected chi connectivity index (χ0v) is 16.8. The van der Waals surface area contributed by atoms with Crippen LogP contribution >= 0.6 is 11.6 Å². The Labute approximate surface area is 171 Å². The van der Waals surface area contributed by atoms with Crippen molar-refractivity contribution in [3.05, 3.63) is 76.4 Å². The molecule has 0 spiro atoms. The van der Waals surface area contributed by atoms with Crippen LogP contribution in [-0.4, -0.2) is 17.9 Å². The van der Waals surface area contributed by atoms with Crippen LogP contribution < -0.4 is 10.6 Å². The molecule has 5 heteroatoms. The van der Waals surface area contributed by atoms with Gasteiger partial charge in [0.15, 0.2) is 0 Å². The first-order chi connectivity index (χ1) is 13.5. The summed E-state index contributed by atoms with van der Waals surface area (Å²) >= 11 is 5.99. The number of benzene rings is 2. The number of allylic oxidation sites excluding steroid dienone is 1. The van der Waals surface area contributed by atoms with E-state index in [4.69, 9.17) is 11.6 Å². The highest BCUT2D eigenvalue weighted by Gasteiger charge is 2.22. The Balaban J connectivity index is 1.88. The number of nitrogens with one attached hydrogen (secondary N) is 2. The second kappa shape index (κ2) is 9.56. The van der Waals surface area contributed by atoms with Crippen LogP contribution in [0.25, 0.3) is 5.57 Å². The standard InChI is InChI=1S/C23H25ClN2O2/c1-16(17-12-14-19(24)15-13-17)21(23(28)25-20-10-6-3-7-11-20)26-22(27)18-8-4-2-5-9-18/h2,4-5,8-9,12-15,20H,3,6-7,10-11H2,1H3,(H,25,28)(H,26,27)/b21-16+. The van der Waals surface area contributed by atoms with E-state index in [2.05, 4.69) is 10.6 Å². The summed E-state index contributed by atoms with van der Waals surface area (Å²) < 4.78 is 0. The van der Waals surface area contributed by atoms with Crippen LogP contribution in [0, 0.1) is 0 Å². The number of halogens is 1. The molecule has 0 unspecified atom stereocenters. The molecular formula is C23H25ClN2O2. The van der Waals surface area contributed by atoms with E-state index >= 15 is 0 Å². The summed E-state index contributed by atoms with van der Waals surface area (Å²) in [6.07, 6.45) is 5.41. The van der Waals surface area contributed by atoms with Crippen LogP contribution in [0.4, 0.5) is 0 Å². The number of carbonyl (C=O) groups is 2. The van der Waals surface area contributed by atoms with Crippen LogP contribution in [0.1, 0.15) is 54.9 Å². The summed E-state index contributed by atoms with van der Waals surface area (Å²) in [7, 11) is 0. The lowest BCUT2D eigenvalue weighted by Gasteiger charge is -2.24. The minimum absolute atomic E-state index is 0.155. The van der Waals surface area contributed by atoms with Crippen LogP contribution in [0.3, 0.4) is 0 Å². The van der Waals surface area contributed by atoms with Gasteiger partial charge in [-0.1, -0.05) is 61.2 Å². The SMILES string of the molecule is C/C(=C(\NC(=O)c1ccccc1)C(=O)NC1CCCCC1)c1ccc(Cl)cc1. The van der Waals surface area contributed by atoms with Crippen molar-refractivity contribution in [3.8, 4) is 0 Å². The molecular weight excluding hydrogens is 372 g/mol. The Kier molecular flexibility index (Phi) is 6.88. The summed E-state index contributed by atoms with van der Waals surface area (Å²) in [5, 5.41) is 6.55. The van der Waals surface area contributed by atoms with E-state index < -0.39 is 0 Å². The Morgan fingerprint density at radius 1 is 0.893 bits per heavy atom. The van der Waals surface area contributed by atoms with Gasteiger partial charge in [-0.2, -0.15) is 0 Å². The van der Waals surface area contributed by atoms with Crippen molar-refractivity contribution in [2.45, 2.75) is 45.1 Å². The summed E-state index contributed by atoms with van der Waals surface area (Å²) in [5.74, 6) is -0.550. The maximum Gasteiger partial charge on any atom is 0.268 e. The minimum Gasteiger partial charge on any atom is -0.348 e. The van der Waals surface area contributed by atoms with E-state index in [1.54, 1.807) is 36.4 Å². The van der Waals surface area contributed by atoms with E-state index in [1.807, 2.05) is 25.1 Å². The topological polar surface area (TPSA) is 58.2 Å². The summed E-state index contributed by atoms with van der Waals surface area (Å²) in [6, 6.07) is 16.3. The summed E-state index contributed by atoms with van der Waals surface area (Å²) in [4.78, 5) is 25.7. The number of hydrogen-bond acceptors (Lipinski definition) is 2. The van der Waals surface area contributed by atoms with Gasteiger partial charge in [0.2, 0.25) is 0 Å². The van der Waals surface area contributed by atoms with Gasteiger partial charge in [-0.3, -0.25) is 9.59 Å². The van der Waals surface area contributed by atoms with E-state index in [9.17, 15) is 9.59 Å². The quantitative estimate of drug-likeness (QED) is 0.702. The first-order valence-electron chi connectivity index (χ1n) is 9.68. The van der Waals surface area contributed by atoms with E-state index in [1.165, 1.54) is 6.42 Å². The molecule has 0 radical (unpaired) electrons. The molecule has 1 aliphatic carbocycles. The summed E-state index contributed by atoms with van der Waals surface area (Å²) in [5.41, 5.74) is 2.33. The molecule has 0 atom stereocenters. The van der Waals surface area contributed by atoms with Crippen LogP contribution in [0.5, 0.6) is 0 Å². The van der Waals surface area contributed by atoms with Crippen molar-refractivity contribution in [3.63, 3.8) is 0 Å². The highest BCUT2D eigenvalue weighted by Crippen LogP contribution is 2.22. The molecule has 0 bridgehead atoms. The number of amides is 2. The Hall–Kier alpha value is -2.59. The van der Waals surface area contributed by atoms with Crippen molar-refractivity contribution in [1.82, 2.24) is 10.6 Å². The third-order valence-corrected chi connectivity index (χ3v) is 5.35. The minimum atomic E-state index is -0.303. The fourth-order valence-corrected chi connectivity index (χ4v) is 3.57. The van der Waals surface area contributed by atoms with E-state index in [-0.39, 0.29) is 23.6 Å². The molecule has 0 aliphatic heterocycles. The molecule has 1 fully saturated rings. The van der Waals surface area contributed by atoms with Gasteiger partial charge in [0, 0.05) is 16.6 Å². The van der Waals surface area contributed by atoms with Gasteiger partial charge in [-0.15, -0.1) is 0 Å². The van der Waals surface area contributed by atoms with Gasteiger partial charge in [0.05, 0.1) is 0 Å². The predicted octanol–water partition coefficient (Wildman–Crippen LogP) is 4.95. The van der Waals surface area contributed by atoms with Gasteiger partial charge in [-0.25, -0.2) is 0 Å². The van der Waals surface area contributed by atoms with E-state index in [0.717, 1.165) is 31.2 Å². The zero-order chi connectivity index (χ0) is 19.9. The van der Waals surface area contributed by atoms with Gasteiger partial charge >= 0.3 is 0 Å². The van der Waals surface area contributed by atoms with Gasteiger partial charge in [-0.05, 0) is 55.2 Å². The molecule has 0 saturated heterocycles. The Morgan fingerprint density at radius 3 is 2.18 bits per heavy atom. The lowest BCUT2D eigenvalue weighted by Crippen LogP contribution is -2.41. The van der Waals surface area contributed by atoms with Gasteiger partial charge in [0.1, 0.15) is 5.70 Å². The molecule has 1 aliphatic rings. The molecule has 28 heavy (non-hydrogen) atoms. The maximum atomic E-state index is 13.1. The van der Waals surface area contributed by atoms with Crippen LogP contribution in [0.2, 0.25) is 5.02 Å². The number of hydrogen-bond donors (Lipinski definition) is 2. The van der Waals surface area contributed by atoms with E-state index in [0.29, 0.717) is 16.2 Å². The average Bonchev–Trinajstić information content (AvgIpc) is 2.73. The molecule has 1 saturated carbocycles. The first kappa shape index (κ1) is 20.2. The van der Waals surface area contributed by atoms with Crippen molar-refractivity contribution in [1.29, 1.82) is 0 Å². The highest BCUT2D eigenvalue weighted by molar-refractivity contribution is 6.30. The molecule has 0 aromatic heterocycles. The molecule has 2 aromatic carbocycles. The molecule has 2 N–H and O–H groups in total. The Bertz CT molecular complexity index is 854. The smallest absolute Gasteiger partial charge is 0.268 e. The largest absolute Gasteiger partial charge is 0.348 e. The average molecular weight is 397 g/mol. The van der Waals surface area contributed by atoms with Crippen LogP contribution in [0.15, 0.2) is 60.3 Å². The fourth-order valence-electron chi connectivity index (χ4n) is 3.44. The molecule has 4 nitrogen and oxygen atoms in total. The highest BCUT2D eigenvalue weighted by atomic mass is 35.5. The zero-order valence-electron chi connectivity index (χ0n) is 16.0. The second-order valence-corrected chi connectivity index (χ2v) is 7.57. The third-order valence-electron chi connectivity index (χ3n) is 5.09. The third kappa shape index (κ3) is 5.23. The normalized spacial score (nSPS) is 15.5. The molecule has 2 aromatic rings. The molecule has 3 rings (SSSR count). The fraction of sp³-hybridized carbons (Fsp3) is 0.304. The maximum absolute atomic E-state index is 13.1. The number of carbonyl (C=O) groups excluding carboxylic acids is 2. The molecule has 2 amide bonds. The van der Waals surface area contributed by atoms with Gasteiger partial charge in [0.25, 0.3) is 11.8 Å². The lowest BCUT2D eigenvalue weighted by molar-refractivity contribution is -0.118. The second-order valence-electron chi connectivity index (χ2n) is 7.14. The number of rotatable bonds is 5. The summed E-state index contributed by atoms with van der Waals surface area (Å²) in [6.45, 7) is 1.84. The van der Waals surface area contributed by atoms with Crippen molar-refractivity contribution >= 4 is 29.0 Å². The lowest BCUT2D eigenvalue weighted by atomic mass is 9.95. The molecule has 0 heterocycles. The van der Waals surface area contributed by atoms with Gasteiger partial charge < -0.3 is 10.6 Å². The Morgan fingerprint density at radius 2 is 1.54 bits per heavy atom. The van der Waals surface area contributed by atoms with Crippen LogP contribution in [-0.2, 0) is 4.79 Å². The van der Waals surface area contributed by atoms with Crippen molar-refractivity contribution in [2.24, 2.45) is 0 Å². The van der Waals surface area contributed by atoms with Crippen molar-refractivity contribution in [2.75, 3.05) is 0 Å². The first-order valence-corrected chi connectivity index (χ1v) is 10.1. The van der Waals surface area contributed by atoms with Crippen molar-refractivity contribution < 1.29 is 9.59 Å². The molecule has 146 valence electrons. The predicted molar refractivity (Wildman–Crippen MR) is 113 cm³/mol. The monoisotopic (exact) mass is 396 g/mol.